The number of nitrogens with two attached hydrogens (primary N) is 1. The molecule has 1 unspecified atom stereocenters. The lowest BCUT2D eigenvalue weighted by molar-refractivity contribution is 0.394. The lowest BCUT2D eigenvalue weighted by Crippen LogP contribution is -2.03. The van der Waals surface area contributed by atoms with Crippen molar-refractivity contribution >= 4 is 11.3 Å². The molecule has 0 fully saturated rings. The molecule has 5 nitrogen and oxygen atoms in total. The van der Waals surface area contributed by atoms with Gasteiger partial charge >= 0.3 is 0 Å². The standard InChI is InChI=1S/C12H15N3O2S/c1-7(13)11-14-15-12(18-11)8-4-9(16-2)6-10(5-8)17-3/h4-7H,13H2,1-3H3. The Bertz CT molecular complexity index is 518. The first-order valence-corrected chi connectivity index (χ1v) is 6.28. The highest BCUT2D eigenvalue weighted by Gasteiger charge is 2.11. The third-order valence-corrected chi connectivity index (χ3v) is 3.60. The molecule has 0 radical (unpaired) electrons. The van der Waals surface area contributed by atoms with E-state index in [1.165, 1.54) is 11.3 Å². The molecule has 0 saturated heterocycles. The Balaban J connectivity index is 2.42. The summed E-state index contributed by atoms with van der Waals surface area (Å²) in [7, 11) is 3.23. The molecule has 0 spiro atoms. The molecule has 1 atom stereocenters. The van der Waals surface area contributed by atoms with Gasteiger partial charge in [0.25, 0.3) is 0 Å². The summed E-state index contributed by atoms with van der Waals surface area (Å²) in [5.74, 6) is 1.45. The van der Waals surface area contributed by atoms with Crippen LogP contribution in [0.3, 0.4) is 0 Å². The molecule has 1 aromatic carbocycles. The molecule has 1 aromatic heterocycles. The van der Waals surface area contributed by atoms with Gasteiger partial charge < -0.3 is 15.2 Å². The average molecular weight is 265 g/mol. The van der Waals surface area contributed by atoms with Crippen LogP contribution in [0.5, 0.6) is 11.5 Å². The van der Waals surface area contributed by atoms with Crippen LogP contribution in [0.1, 0.15) is 18.0 Å². The summed E-state index contributed by atoms with van der Waals surface area (Å²) in [6.07, 6.45) is 0. The first kappa shape index (κ1) is 12.8. The summed E-state index contributed by atoms with van der Waals surface area (Å²) in [6, 6.07) is 5.50. The molecule has 0 amide bonds. The summed E-state index contributed by atoms with van der Waals surface area (Å²) >= 11 is 1.47. The molecule has 0 aliphatic carbocycles. The highest BCUT2D eigenvalue weighted by atomic mass is 32.1. The van der Waals surface area contributed by atoms with Gasteiger partial charge in [0, 0.05) is 11.6 Å². The Morgan fingerprint density at radius 1 is 1.11 bits per heavy atom. The second-order valence-electron chi connectivity index (χ2n) is 3.84. The van der Waals surface area contributed by atoms with Crippen LogP contribution in [0.25, 0.3) is 10.6 Å². The Labute approximate surface area is 110 Å². The minimum absolute atomic E-state index is 0.108. The molecule has 96 valence electrons. The van der Waals surface area contributed by atoms with Crippen molar-refractivity contribution in [3.05, 3.63) is 23.2 Å². The van der Waals surface area contributed by atoms with Gasteiger partial charge in [-0.2, -0.15) is 0 Å². The summed E-state index contributed by atoms with van der Waals surface area (Å²) in [4.78, 5) is 0. The van der Waals surface area contributed by atoms with Crippen LogP contribution in [-0.4, -0.2) is 24.4 Å². The van der Waals surface area contributed by atoms with Crippen LogP contribution in [-0.2, 0) is 0 Å². The summed E-state index contributed by atoms with van der Waals surface area (Å²) in [6.45, 7) is 1.89. The van der Waals surface area contributed by atoms with Gasteiger partial charge in [0.05, 0.1) is 20.3 Å². The van der Waals surface area contributed by atoms with Gasteiger partial charge in [0.15, 0.2) is 0 Å². The zero-order valence-electron chi connectivity index (χ0n) is 10.5. The van der Waals surface area contributed by atoms with E-state index < -0.39 is 0 Å². The van der Waals surface area contributed by atoms with Crippen molar-refractivity contribution in [2.45, 2.75) is 13.0 Å². The van der Waals surface area contributed by atoms with Crippen molar-refractivity contribution in [2.24, 2.45) is 5.73 Å². The number of methoxy groups -OCH3 is 2. The highest BCUT2D eigenvalue weighted by Crippen LogP contribution is 2.32. The van der Waals surface area contributed by atoms with Gasteiger partial charge in [-0.3, -0.25) is 0 Å². The molecular weight excluding hydrogens is 250 g/mol. The van der Waals surface area contributed by atoms with E-state index in [0.717, 1.165) is 27.1 Å². The molecule has 0 saturated carbocycles. The summed E-state index contributed by atoms with van der Waals surface area (Å²) in [5.41, 5.74) is 6.69. The van der Waals surface area contributed by atoms with Crippen molar-refractivity contribution in [3.8, 4) is 22.1 Å². The second-order valence-corrected chi connectivity index (χ2v) is 4.84. The molecule has 2 N–H and O–H groups in total. The van der Waals surface area contributed by atoms with Gasteiger partial charge in [0.2, 0.25) is 0 Å². The zero-order valence-corrected chi connectivity index (χ0v) is 11.3. The molecule has 6 heteroatoms. The first-order chi connectivity index (χ1) is 8.63. The van der Waals surface area contributed by atoms with Crippen molar-refractivity contribution in [2.75, 3.05) is 14.2 Å². The van der Waals surface area contributed by atoms with E-state index in [0.29, 0.717) is 0 Å². The van der Waals surface area contributed by atoms with E-state index >= 15 is 0 Å². The smallest absolute Gasteiger partial charge is 0.148 e. The quantitative estimate of drug-likeness (QED) is 0.918. The van der Waals surface area contributed by atoms with Crippen LogP contribution in [0, 0.1) is 0 Å². The van der Waals surface area contributed by atoms with Gasteiger partial charge in [-0.25, -0.2) is 0 Å². The van der Waals surface area contributed by atoms with Crippen molar-refractivity contribution < 1.29 is 9.47 Å². The molecule has 2 aromatic rings. The third-order valence-electron chi connectivity index (χ3n) is 2.43. The fourth-order valence-corrected chi connectivity index (χ4v) is 2.25. The fraction of sp³-hybridized carbons (Fsp3) is 0.333. The molecule has 1 heterocycles. The Morgan fingerprint density at radius 2 is 1.72 bits per heavy atom. The molecular formula is C12H15N3O2S. The van der Waals surface area contributed by atoms with Crippen LogP contribution >= 0.6 is 11.3 Å². The van der Waals surface area contributed by atoms with Gasteiger partial charge in [-0.05, 0) is 19.1 Å². The number of ether oxygens (including phenoxy) is 2. The molecule has 18 heavy (non-hydrogen) atoms. The largest absolute Gasteiger partial charge is 0.497 e. The van der Waals surface area contributed by atoms with Crippen LogP contribution in [0.15, 0.2) is 18.2 Å². The fourth-order valence-electron chi connectivity index (χ4n) is 1.47. The molecule has 0 aliphatic rings. The van der Waals surface area contributed by atoms with Crippen molar-refractivity contribution in [1.82, 2.24) is 10.2 Å². The minimum Gasteiger partial charge on any atom is -0.497 e. The molecule has 0 bridgehead atoms. The lowest BCUT2D eigenvalue weighted by atomic mass is 10.2. The number of nitrogens with zero attached hydrogens (tertiary/aromatic N) is 2. The number of hydrogen-bond acceptors (Lipinski definition) is 6. The van der Waals surface area contributed by atoms with E-state index in [9.17, 15) is 0 Å². The van der Waals surface area contributed by atoms with Crippen molar-refractivity contribution in [3.63, 3.8) is 0 Å². The zero-order chi connectivity index (χ0) is 13.1. The maximum absolute atomic E-state index is 5.78. The molecule has 0 aliphatic heterocycles. The van der Waals surface area contributed by atoms with E-state index in [2.05, 4.69) is 10.2 Å². The van der Waals surface area contributed by atoms with E-state index in [1.807, 2.05) is 25.1 Å². The normalized spacial score (nSPS) is 12.2. The number of rotatable bonds is 4. The maximum atomic E-state index is 5.78. The van der Waals surface area contributed by atoms with E-state index in [1.54, 1.807) is 14.2 Å². The third kappa shape index (κ3) is 2.60. The topological polar surface area (TPSA) is 70.3 Å². The number of benzene rings is 1. The van der Waals surface area contributed by atoms with Crippen LogP contribution in [0.4, 0.5) is 0 Å². The monoisotopic (exact) mass is 265 g/mol. The Hall–Kier alpha value is -1.66. The minimum atomic E-state index is -0.108. The highest BCUT2D eigenvalue weighted by molar-refractivity contribution is 7.14. The van der Waals surface area contributed by atoms with Crippen LogP contribution in [0.2, 0.25) is 0 Å². The van der Waals surface area contributed by atoms with Gasteiger partial charge in [-0.1, -0.05) is 11.3 Å². The predicted octanol–water partition coefficient (Wildman–Crippen LogP) is 2.24. The number of aromatic nitrogens is 2. The second kappa shape index (κ2) is 5.32. The Morgan fingerprint density at radius 3 is 2.17 bits per heavy atom. The maximum Gasteiger partial charge on any atom is 0.148 e. The molecule has 2 rings (SSSR count). The SMILES string of the molecule is COc1cc(OC)cc(-c2nnc(C(C)N)s2)c1. The first-order valence-electron chi connectivity index (χ1n) is 5.46. The summed E-state index contributed by atoms with van der Waals surface area (Å²) in [5, 5.41) is 9.82. The van der Waals surface area contributed by atoms with E-state index in [4.69, 9.17) is 15.2 Å². The Kier molecular flexibility index (Phi) is 3.78. The summed E-state index contributed by atoms with van der Waals surface area (Å²) < 4.78 is 10.4. The lowest BCUT2D eigenvalue weighted by Gasteiger charge is -2.06. The van der Waals surface area contributed by atoms with E-state index in [-0.39, 0.29) is 6.04 Å². The van der Waals surface area contributed by atoms with Crippen molar-refractivity contribution in [1.29, 1.82) is 0 Å². The van der Waals surface area contributed by atoms with Gasteiger partial charge in [0.1, 0.15) is 21.5 Å². The van der Waals surface area contributed by atoms with Crippen LogP contribution < -0.4 is 15.2 Å². The van der Waals surface area contributed by atoms with Gasteiger partial charge in [-0.15, -0.1) is 10.2 Å². The predicted molar refractivity (Wildman–Crippen MR) is 71.1 cm³/mol. The average Bonchev–Trinajstić information content (AvgIpc) is 2.87. The number of hydrogen-bond donors (Lipinski definition) is 1.